The zero-order valence-corrected chi connectivity index (χ0v) is 10.8. The van der Waals surface area contributed by atoms with Crippen LogP contribution in [0.15, 0.2) is 0 Å². The summed E-state index contributed by atoms with van der Waals surface area (Å²) in [5, 5.41) is 13.1. The van der Waals surface area contributed by atoms with Gasteiger partial charge in [0, 0.05) is 6.54 Å². The molecule has 0 aliphatic rings. The van der Waals surface area contributed by atoms with Gasteiger partial charge in [0.05, 0.1) is 5.60 Å². The van der Waals surface area contributed by atoms with Crippen molar-refractivity contribution in [2.75, 3.05) is 13.1 Å². The van der Waals surface area contributed by atoms with Gasteiger partial charge in [-0.1, -0.05) is 46.0 Å². The number of rotatable bonds is 10. The van der Waals surface area contributed by atoms with E-state index in [2.05, 4.69) is 12.2 Å². The van der Waals surface area contributed by atoms with Crippen LogP contribution in [0.2, 0.25) is 0 Å². The summed E-state index contributed by atoms with van der Waals surface area (Å²) < 4.78 is 0. The molecule has 0 saturated heterocycles. The first kappa shape index (κ1) is 14.9. The van der Waals surface area contributed by atoms with E-state index in [0.29, 0.717) is 0 Å². The van der Waals surface area contributed by atoms with Crippen LogP contribution in [0.3, 0.4) is 0 Å². The Morgan fingerprint density at radius 1 is 1.00 bits per heavy atom. The van der Waals surface area contributed by atoms with Crippen LogP contribution in [0.1, 0.15) is 65.7 Å². The summed E-state index contributed by atoms with van der Waals surface area (Å²) in [4.78, 5) is 0. The number of aliphatic hydroxyl groups is 1. The second-order valence-electron chi connectivity index (χ2n) is 4.80. The maximum absolute atomic E-state index is 9.73. The van der Waals surface area contributed by atoms with Crippen molar-refractivity contribution in [1.82, 2.24) is 5.32 Å². The van der Waals surface area contributed by atoms with Crippen LogP contribution in [0.25, 0.3) is 0 Å². The van der Waals surface area contributed by atoms with Crippen LogP contribution in [0.5, 0.6) is 0 Å². The molecule has 0 aromatic carbocycles. The van der Waals surface area contributed by atoms with Crippen LogP contribution >= 0.6 is 0 Å². The number of unbranched alkanes of at least 4 members (excludes halogenated alkanes) is 5. The zero-order valence-electron chi connectivity index (χ0n) is 10.8. The molecule has 0 aliphatic carbocycles. The van der Waals surface area contributed by atoms with Gasteiger partial charge < -0.3 is 10.4 Å². The van der Waals surface area contributed by atoms with E-state index >= 15 is 0 Å². The minimum Gasteiger partial charge on any atom is -0.389 e. The molecule has 0 fully saturated rings. The number of nitrogens with one attached hydrogen (secondary N) is 1. The largest absolute Gasteiger partial charge is 0.389 e. The third-order valence-electron chi connectivity index (χ3n) is 2.97. The van der Waals surface area contributed by atoms with Gasteiger partial charge in [0.1, 0.15) is 0 Å². The van der Waals surface area contributed by atoms with Gasteiger partial charge in [0.2, 0.25) is 0 Å². The highest BCUT2D eigenvalue weighted by molar-refractivity contribution is 4.72. The smallest absolute Gasteiger partial charge is 0.0740 e. The number of hydrogen-bond donors (Lipinski definition) is 2. The van der Waals surface area contributed by atoms with E-state index in [9.17, 15) is 5.11 Å². The highest BCUT2D eigenvalue weighted by Crippen LogP contribution is 2.07. The Labute approximate surface area is 95.5 Å². The Kier molecular flexibility index (Phi) is 9.12. The molecule has 0 saturated carbocycles. The predicted molar refractivity (Wildman–Crippen MR) is 67.2 cm³/mol. The van der Waals surface area contributed by atoms with E-state index in [-0.39, 0.29) is 0 Å². The lowest BCUT2D eigenvalue weighted by molar-refractivity contribution is 0.0559. The molecule has 2 N–H and O–H groups in total. The Bertz CT molecular complexity index is 134. The van der Waals surface area contributed by atoms with Gasteiger partial charge in [0.25, 0.3) is 0 Å². The van der Waals surface area contributed by atoms with Crippen molar-refractivity contribution in [3.8, 4) is 0 Å². The van der Waals surface area contributed by atoms with Crippen LogP contribution in [0.4, 0.5) is 0 Å². The lowest BCUT2D eigenvalue weighted by atomic mass is 10.0. The molecule has 0 bridgehead atoms. The second kappa shape index (κ2) is 9.17. The summed E-state index contributed by atoms with van der Waals surface area (Å²) in [5.41, 5.74) is -0.526. The quantitative estimate of drug-likeness (QED) is 0.549. The highest BCUT2D eigenvalue weighted by Gasteiger charge is 2.15. The Balaban J connectivity index is 3.11. The van der Waals surface area contributed by atoms with Crippen LogP contribution in [-0.4, -0.2) is 23.8 Å². The van der Waals surface area contributed by atoms with Crippen LogP contribution < -0.4 is 5.32 Å². The van der Waals surface area contributed by atoms with Crippen LogP contribution in [-0.2, 0) is 0 Å². The monoisotopic (exact) mass is 215 g/mol. The molecule has 0 aromatic rings. The topological polar surface area (TPSA) is 32.3 Å². The molecule has 2 nitrogen and oxygen atoms in total. The summed E-state index contributed by atoms with van der Waals surface area (Å²) in [7, 11) is 0. The van der Waals surface area contributed by atoms with Gasteiger partial charge in [-0.15, -0.1) is 0 Å². The molecule has 1 unspecified atom stereocenters. The van der Waals surface area contributed by atoms with Gasteiger partial charge in [-0.05, 0) is 26.3 Å². The summed E-state index contributed by atoms with van der Waals surface area (Å²) in [6.07, 6.45) is 8.81. The molecule has 1 atom stereocenters. The van der Waals surface area contributed by atoms with Crippen molar-refractivity contribution < 1.29 is 5.11 Å². The average molecular weight is 215 g/mol. The molecule has 92 valence electrons. The van der Waals surface area contributed by atoms with Crippen molar-refractivity contribution >= 4 is 0 Å². The fourth-order valence-electron chi connectivity index (χ4n) is 1.51. The minimum atomic E-state index is -0.526. The first-order chi connectivity index (χ1) is 7.12. The van der Waals surface area contributed by atoms with E-state index in [1.807, 2.05) is 13.8 Å². The van der Waals surface area contributed by atoms with Gasteiger partial charge in [-0.3, -0.25) is 0 Å². The molecule has 0 radical (unpaired) electrons. The normalized spacial score (nSPS) is 15.2. The maximum atomic E-state index is 9.73. The molecular formula is C13H29NO. The first-order valence-electron chi connectivity index (χ1n) is 6.55. The SMILES string of the molecule is CCCCCCCCNCC(C)(O)CC. The summed E-state index contributed by atoms with van der Waals surface area (Å²) in [5.74, 6) is 0. The third kappa shape index (κ3) is 10.2. The van der Waals surface area contributed by atoms with Gasteiger partial charge in [0.15, 0.2) is 0 Å². The van der Waals surface area contributed by atoms with E-state index in [4.69, 9.17) is 0 Å². The van der Waals surface area contributed by atoms with Crippen molar-refractivity contribution in [3.63, 3.8) is 0 Å². The van der Waals surface area contributed by atoms with Gasteiger partial charge >= 0.3 is 0 Å². The molecule has 0 aromatic heterocycles. The van der Waals surface area contributed by atoms with E-state index < -0.39 is 5.60 Å². The third-order valence-corrected chi connectivity index (χ3v) is 2.97. The van der Waals surface area contributed by atoms with Crippen molar-refractivity contribution in [1.29, 1.82) is 0 Å². The minimum absolute atomic E-state index is 0.526. The average Bonchev–Trinajstić information content (AvgIpc) is 2.22. The van der Waals surface area contributed by atoms with E-state index in [0.717, 1.165) is 19.5 Å². The van der Waals surface area contributed by atoms with E-state index in [1.54, 1.807) is 0 Å². The lowest BCUT2D eigenvalue weighted by Crippen LogP contribution is -2.37. The summed E-state index contributed by atoms with van der Waals surface area (Å²) in [6, 6.07) is 0. The molecule has 0 rings (SSSR count). The first-order valence-corrected chi connectivity index (χ1v) is 6.55. The van der Waals surface area contributed by atoms with Gasteiger partial charge in [-0.25, -0.2) is 0 Å². The Morgan fingerprint density at radius 2 is 1.60 bits per heavy atom. The lowest BCUT2D eigenvalue weighted by Gasteiger charge is -2.21. The second-order valence-corrected chi connectivity index (χ2v) is 4.80. The Hall–Kier alpha value is -0.0800. The number of hydrogen-bond acceptors (Lipinski definition) is 2. The summed E-state index contributed by atoms with van der Waals surface area (Å²) in [6.45, 7) is 7.92. The van der Waals surface area contributed by atoms with Gasteiger partial charge in [-0.2, -0.15) is 0 Å². The summed E-state index contributed by atoms with van der Waals surface area (Å²) >= 11 is 0. The maximum Gasteiger partial charge on any atom is 0.0740 e. The molecule has 0 amide bonds. The predicted octanol–water partition coefficient (Wildman–Crippen LogP) is 3.10. The standard InChI is InChI=1S/C13H29NO/c1-4-6-7-8-9-10-11-14-12-13(3,15)5-2/h14-15H,4-12H2,1-3H3. The van der Waals surface area contributed by atoms with Crippen molar-refractivity contribution in [3.05, 3.63) is 0 Å². The van der Waals surface area contributed by atoms with Crippen LogP contribution in [0, 0.1) is 0 Å². The van der Waals surface area contributed by atoms with Crippen molar-refractivity contribution in [2.24, 2.45) is 0 Å². The molecule has 0 aliphatic heterocycles. The molecular weight excluding hydrogens is 186 g/mol. The van der Waals surface area contributed by atoms with Crippen molar-refractivity contribution in [2.45, 2.75) is 71.3 Å². The van der Waals surface area contributed by atoms with E-state index in [1.165, 1.54) is 38.5 Å². The molecule has 0 spiro atoms. The molecule has 15 heavy (non-hydrogen) atoms. The Morgan fingerprint density at radius 3 is 2.20 bits per heavy atom. The highest BCUT2D eigenvalue weighted by atomic mass is 16.3. The fraction of sp³-hybridized carbons (Fsp3) is 1.00. The fourth-order valence-corrected chi connectivity index (χ4v) is 1.51. The molecule has 2 heteroatoms. The molecule has 0 heterocycles. The zero-order chi connectivity index (χ0) is 11.6.